The summed E-state index contributed by atoms with van der Waals surface area (Å²) in [5.74, 6) is 0.232. The molecule has 1 saturated carbocycles. The van der Waals surface area contributed by atoms with Crippen LogP contribution in [0.15, 0.2) is 42.6 Å². The fourth-order valence-electron chi connectivity index (χ4n) is 3.65. The van der Waals surface area contributed by atoms with Crippen LogP contribution < -0.4 is 15.8 Å². The molecule has 0 amide bonds. The molecule has 4 N–H and O–H groups in total. The van der Waals surface area contributed by atoms with Crippen LogP contribution in [0, 0.1) is 16.7 Å². The number of nitrogens with zero attached hydrogens (tertiary/aromatic N) is 2. The van der Waals surface area contributed by atoms with Crippen LogP contribution in [0.3, 0.4) is 0 Å². The zero-order valence-corrected chi connectivity index (χ0v) is 15.4. The number of anilines is 1. The minimum Gasteiger partial charge on any atom is -0.472 e. The van der Waals surface area contributed by atoms with E-state index in [4.69, 9.17) is 15.9 Å². The predicted molar refractivity (Wildman–Crippen MR) is 106 cm³/mol. The summed E-state index contributed by atoms with van der Waals surface area (Å²) in [6.07, 6.45) is 7.31. The van der Waals surface area contributed by atoms with Crippen molar-refractivity contribution in [3.63, 3.8) is 0 Å². The van der Waals surface area contributed by atoms with E-state index in [1.54, 1.807) is 12.3 Å². The van der Waals surface area contributed by atoms with Gasteiger partial charge in [-0.1, -0.05) is 49.6 Å². The molecule has 140 valence electrons. The summed E-state index contributed by atoms with van der Waals surface area (Å²) in [5, 5.41) is 20.9. The van der Waals surface area contributed by atoms with Gasteiger partial charge < -0.3 is 15.8 Å². The van der Waals surface area contributed by atoms with Gasteiger partial charge in [-0.25, -0.2) is 4.98 Å². The molecule has 0 bridgehead atoms. The topological polar surface area (TPSA) is 108 Å². The second-order valence-corrected chi connectivity index (χ2v) is 7.03. The Morgan fingerprint density at radius 2 is 1.96 bits per heavy atom. The largest absolute Gasteiger partial charge is 0.472 e. The number of hydrogen-bond donors (Lipinski definition) is 3. The van der Waals surface area contributed by atoms with Gasteiger partial charge in [0.1, 0.15) is 18.0 Å². The number of hydrogen-bond acceptors (Lipinski definition) is 5. The van der Waals surface area contributed by atoms with Crippen LogP contribution in [-0.4, -0.2) is 16.4 Å². The number of benzene rings is 1. The Labute approximate surface area is 159 Å². The van der Waals surface area contributed by atoms with Crippen LogP contribution in [0.5, 0.6) is 5.88 Å². The van der Waals surface area contributed by atoms with Crippen molar-refractivity contribution in [1.29, 1.82) is 10.7 Å². The van der Waals surface area contributed by atoms with E-state index in [0.29, 0.717) is 30.2 Å². The molecular formula is C21H25N5O. The van der Waals surface area contributed by atoms with Crippen molar-refractivity contribution in [3.05, 3.63) is 53.7 Å². The summed E-state index contributed by atoms with van der Waals surface area (Å²) < 4.78 is 5.87. The van der Waals surface area contributed by atoms with Crippen molar-refractivity contribution in [2.24, 2.45) is 5.73 Å². The summed E-state index contributed by atoms with van der Waals surface area (Å²) in [6, 6.07) is 13.9. The van der Waals surface area contributed by atoms with Crippen LogP contribution in [0.25, 0.3) is 0 Å². The van der Waals surface area contributed by atoms with E-state index >= 15 is 0 Å². The van der Waals surface area contributed by atoms with Crippen molar-refractivity contribution in [2.45, 2.75) is 50.7 Å². The van der Waals surface area contributed by atoms with Crippen molar-refractivity contribution >= 4 is 11.5 Å². The number of nitrogen functional groups attached to an aromatic ring is 1. The lowest BCUT2D eigenvalue weighted by Gasteiger charge is -2.37. The summed E-state index contributed by atoms with van der Waals surface area (Å²) >= 11 is 0. The van der Waals surface area contributed by atoms with Crippen molar-refractivity contribution in [2.75, 3.05) is 5.32 Å². The Morgan fingerprint density at radius 1 is 1.22 bits per heavy atom. The highest BCUT2D eigenvalue weighted by Gasteiger charge is 2.33. The molecule has 1 aliphatic rings. The molecule has 3 rings (SSSR count). The molecule has 1 fully saturated rings. The van der Waals surface area contributed by atoms with E-state index in [2.05, 4.69) is 16.4 Å². The third-order valence-electron chi connectivity index (χ3n) is 5.03. The Hall–Kier alpha value is -3.07. The Bertz CT molecular complexity index is 822. The van der Waals surface area contributed by atoms with Crippen LogP contribution in [-0.2, 0) is 6.61 Å². The molecule has 1 aromatic carbocycles. The zero-order chi connectivity index (χ0) is 19.1. The number of nitrogens with one attached hydrogen (secondary N) is 2. The highest BCUT2D eigenvalue weighted by Crippen LogP contribution is 2.36. The lowest BCUT2D eigenvalue weighted by molar-refractivity contribution is 0.293. The van der Waals surface area contributed by atoms with Crippen LogP contribution >= 0.6 is 0 Å². The van der Waals surface area contributed by atoms with E-state index in [0.717, 1.165) is 31.2 Å². The summed E-state index contributed by atoms with van der Waals surface area (Å²) in [5.41, 5.74) is 7.76. The van der Waals surface area contributed by atoms with Gasteiger partial charge in [0.15, 0.2) is 0 Å². The van der Waals surface area contributed by atoms with E-state index in [1.165, 1.54) is 6.42 Å². The van der Waals surface area contributed by atoms with Crippen LogP contribution in [0.2, 0.25) is 0 Å². The first-order chi connectivity index (χ1) is 13.1. The third-order valence-corrected chi connectivity index (χ3v) is 5.03. The number of aromatic nitrogens is 1. The standard InChI is InChI=1S/C21H25N5O/c22-13-12-21(10-5-2-6-11-21)26-17-9-14-25-20(18(17)19(23)24)27-15-16-7-3-1-4-8-16/h1,3-4,7-9,14H,2,5-6,10-12,15H2,(H3,23,24)(H,25,26). The maximum absolute atomic E-state index is 9.31. The van der Waals surface area contributed by atoms with E-state index in [1.807, 2.05) is 30.3 Å². The number of pyridine rings is 1. The van der Waals surface area contributed by atoms with Crippen molar-refractivity contribution in [3.8, 4) is 11.9 Å². The number of nitriles is 1. The molecule has 6 heteroatoms. The van der Waals surface area contributed by atoms with Gasteiger partial charge in [-0.2, -0.15) is 5.26 Å². The summed E-state index contributed by atoms with van der Waals surface area (Å²) in [4.78, 5) is 4.29. The fourth-order valence-corrected chi connectivity index (χ4v) is 3.65. The molecule has 1 aliphatic carbocycles. The molecule has 0 unspecified atom stereocenters. The predicted octanol–water partition coefficient (Wildman–Crippen LogP) is 3.97. The van der Waals surface area contributed by atoms with Gasteiger partial charge in [0.25, 0.3) is 0 Å². The molecule has 0 atom stereocenters. The van der Waals surface area contributed by atoms with Crippen molar-refractivity contribution in [1.82, 2.24) is 4.98 Å². The maximum atomic E-state index is 9.31. The first kappa shape index (κ1) is 18.7. The molecule has 1 aromatic heterocycles. The average molecular weight is 363 g/mol. The second kappa shape index (κ2) is 8.54. The van der Waals surface area contributed by atoms with Gasteiger partial charge in [0, 0.05) is 6.20 Å². The number of nitrogens with two attached hydrogens (primary N) is 1. The van der Waals surface area contributed by atoms with Gasteiger partial charge >= 0.3 is 0 Å². The van der Waals surface area contributed by atoms with E-state index < -0.39 is 0 Å². The molecule has 0 saturated heterocycles. The van der Waals surface area contributed by atoms with Gasteiger partial charge in [-0.15, -0.1) is 0 Å². The molecule has 0 spiro atoms. The molecule has 2 aromatic rings. The SMILES string of the molecule is N#CCC1(Nc2ccnc(OCc3ccccc3)c2C(=N)N)CCCCC1. The number of rotatable bonds is 7. The van der Waals surface area contributed by atoms with Crippen molar-refractivity contribution < 1.29 is 4.74 Å². The molecule has 0 radical (unpaired) electrons. The zero-order valence-electron chi connectivity index (χ0n) is 15.4. The molecule has 6 nitrogen and oxygen atoms in total. The smallest absolute Gasteiger partial charge is 0.226 e. The van der Waals surface area contributed by atoms with Gasteiger partial charge in [0.2, 0.25) is 5.88 Å². The Morgan fingerprint density at radius 3 is 2.63 bits per heavy atom. The summed E-state index contributed by atoms with van der Waals surface area (Å²) in [6.45, 7) is 0.348. The molecule has 0 aliphatic heterocycles. The average Bonchev–Trinajstić information content (AvgIpc) is 2.68. The molecule has 27 heavy (non-hydrogen) atoms. The monoisotopic (exact) mass is 363 g/mol. The van der Waals surface area contributed by atoms with Crippen LogP contribution in [0.4, 0.5) is 5.69 Å². The van der Waals surface area contributed by atoms with Gasteiger partial charge in [-0.05, 0) is 24.5 Å². The first-order valence-electron chi connectivity index (χ1n) is 9.29. The molecular weight excluding hydrogens is 338 g/mol. The first-order valence-corrected chi connectivity index (χ1v) is 9.29. The van der Waals surface area contributed by atoms with Crippen LogP contribution in [0.1, 0.15) is 49.7 Å². The maximum Gasteiger partial charge on any atom is 0.226 e. The van der Waals surface area contributed by atoms with E-state index in [9.17, 15) is 5.26 Å². The quantitative estimate of drug-likeness (QED) is 0.509. The molecule has 1 heterocycles. The normalized spacial score (nSPS) is 15.5. The second-order valence-electron chi connectivity index (χ2n) is 7.03. The highest BCUT2D eigenvalue weighted by atomic mass is 16.5. The Kier molecular flexibility index (Phi) is 5.92. The Balaban J connectivity index is 1.86. The fraction of sp³-hybridized carbons (Fsp3) is 0.381. The third kappa shape index (κ3) is 4.56. The lowest BCUT2D eigenvalue weighted by Crippen LogP contribution is -2.40. The van der Waals surface area contributed by atoms with Gasteiger partial charge in [0.05, 0.1) is 23.7 Å². The van der Waals surface area contributed by atoms with E-state index in [-0.39, 0.29) is 11.4 Å². The van der Waals surface area contributed by atoms with Gasteiger partial charge in [-0.3, -0.25) is 5.41 Å². The highest BCUT2D eigenvalue weighted by molar-refractivity contribution is 6.02. The lowest BCUT2D eigenvalue weighted by atomic mass is 9.79. The number of amidine groups is 1. The summed E-state index contributed by atoms with van der Waals surface area (Å²) in [7, 11) is 0. The minimum atomic E-state index is -0.282. The number of ether oxygens (including phenoxy) is 1. The minimum absolute atomic E-state index is 0.100.